The molecule has 1 aromatic carbocycles. The van der Waals surface area contributed by atoms with Gasteiger partial charge in [0.1, 0.15) is 0 Å². The fourth-order valence-electron chi connectivity index (χ4n) is 2.10. The first-order valence-electron chi connectivity index (χ1n) is 6.64. The van der Waals surface area contributed by atoms with Crippen molar-refractivity contribution in [1.29, 1.82) is 0 Å². The standard InChI is InChI=1S/C16H20N2O2/c1-12(2)11-20-9-8-17-16(19)14-10-18(3)15-7-5-4-6-13(14)15/h4-7,10H,1,8-9,11H2,2-3H3,(H,17,19). The number of fused-ring (bicyclic) bond motifs is 1. The van der Waals surface area contributed by atoms with Crippen LogP contribution in [0.2, 0.25) is 0 Å². The van der Waals surface area contributed by atoms with E-state index in [9.17, 15) is 4.79 Å². The van der Waals surface area contributed by atoms with Gasteiger partial charge in [0.25, 0.3) is 5.91 Å². The van der Waals surface area contributed by atoms with Crippen LogP contribution in [0.1, 0.15) is 17.3 Å². The molecule has 20 heavy (non-hydrogen) atoms. The summed E-state index contributed by atoms with van der Waals surface area (Å²) in [5.41, 5.74) is 2.73. The molecule has 1 heterocycles. The fraction of sp³-hybridized carbons (Fsp3) is 0.312. The summed E-state index contributed by atoms with van der Waals surface area (Å²) in [5.74, 6) is -0.0688. The second-order valence-corrected chi connectivity index (χ2v) is 4.94. The molecule has 0 aliphatic rings. The Kier molecular flexibility index (Phi) is 4.58. The molecule has 0 bridgehead atoms. The van der Waals surface area contributed by atoms with Crippen LogP contribution in [-0.2, 0) is 11.8 Å². The van der Waals surface area contributed by atoms with Gasteiger partial charge < -0.3 is 14.6 Å². The van der Waals surface area contributed by atoms with E-state index in [1.54, 1.807) is 0 Å². The van der Waals surface area contributed by atoms with Gasteiger partial charge >= 0.3 is 0 Å². The van der Waals surface area contributed by atoms with Gasteiger partial charge in [-0.3, -0.25) is 4.79 Å². The molecule has 4 heteroatoms. The Bertz CT molecular complexity index is 628. The van der Waals surface area contributed by atoms with Crippen LogP contribution in [-0.4, -0.2) is 30.2 Å². The van der Waals surface area contributed by atoms with Gasteiger partial charge in [-0.05, 0) is 13.0 Å². The lowest BCUT2D eigenvalue weighted by atomic mass is 10.1. The Morgan fingerprint density at radius 3 is 2.90 bits per heavy atom. The normalized spacial score (nSPS) is 10.7. The maximum absolute atomic E-state index is 12.2. The van der Waals surface area contributed by atoms with E-state index in [1.165, 1.54) is 0 Å². The number of para-hydroxylation sites is 1. The van der Waals surface area contributed by atoms with E-state index in [1.807, 2.05) is 49.0 Å². The summed E-state index contributed by atoms with van der Waals surface area (Å²) in [6.45, 7) is 7.19. The SMILES string of the molecule is C=C(C)COCCNC(=O)c1cn(C)c2ccccc12. The lowest BCUT2D eigenvalue weighted by Gasteiger charge is -2.05. The van der Waals surface area contributed by atoms with Crippen molar-refractivity contribution < 1.29 is 9.53 Å². The van der Waals surface area contributed by atoms with Crippen LogP contribution in [0.15, 0.2) is 42.6 Å². The minimum absolute atomic E-state index is 0.0688. The summed E-state index contributed by atoms with van der Waals surface area (Å²) < 4.78 is 7.31. The van der Waals surface area contributed by atoms with Gasteiger partial charge in [-0.25, -0.2) is 0 Å². The summed E-state index contributed by atoms with van der Waals surface area (Å²) in [6, 6.07) is 7.87. The molecule has 1 aromatic heterocycles. The molecular formula is C16H20N2O2. The van der Waals surface area contributed by atoms with Crippen LogP contribution in [0.25, 0.3) is 10.9 Å². The highest BCUT2D eigenvalue weighted by Crippen LogP contribution is 2.19. The Hall–Kier alpha value is -2.07. The van der Waals surface area contributed by atoms with Crippen LogP contribution >= 0.6 is 0 Å². The summed E-state index contributed by atoms with van der Waals surface area (Å²) in [7, 11) is 1.94. The van der Waals surface area contributed by atoms with Gasteiger partial charge in [0.15, 0.2) is 0 Å². The highest BCUT2D eigenvalue weighted by Gasteiger charge is 2.12. The number of aryl methyl sites for hydroxylation is 1. The molecule has 1 amide bonds. The van der Waals surface area contributed by atoms with Crippen molar-refractivity contribution >= 4 is 16.8 Å². The quantitative estimate of drug-likeness (QED) is 0.648. The summed E-state index contributed by atoms with van der Waals surface area (Å²) >= 11 is 0. The second-order valence-electron chi connectivity index (χ2n) is 4.94. The molecule has 4 nitrogen and oxygen atoms in total. The van der Waals surface area contributed by atoms with E-state index < -0.39 is 0 Å². The van der Waals surface area contributed by atoms with Crippen molar-refractivity contribution in [1.82, 2.24) is 9.88 Å². The minimum atomic E-state index is -0.0688. The third kappa shape index (κ3) is 3.27. The predicted molar refractivity (Wildman–Crippen MR) is 80.9 cm³/mol. The van der Waals surface area contributed by atoms with E-state index in [-0.39, 0.29) is 5.91 Å². The molecule has 0 aliphatic heterocycles. The average molecular weight is 272 g/mol. The summed E-state index contributed by atoms with van der Waals surface area (Å²) in [5, 5.41) is 3.84. The topological polar surface area (TPSA) is 43.3 Å². The van der Waals surface area contributed by atoms with Gasteiger partial charge in [-0.1, -0.05) is 30.4 Å². The smallest absolute Gasteiger partial charge is 0.253 e. The average Bonchev–Trinajstić information content (AvgIpc) is 2.76. The van der Waals surface area contributed by atoms with E-state index in [2.05, 4.69) is 11.9 Å². The molecule has 0 fully saturated rings. The number of nitrogens with zero attached hydrogens (tertiary/aromatic N) is 1. The number of benzene rings is 1. The molecule has 0 saturated carbocycles. The molecule has 0 spiro atoms. The van der Waals surface area contributed by atoms with Gasteiger partial charge in [-0.15, -0.1) is 0 Å². The first-order valence-corrected chi connectivity index (χ1v) is 6.64. The van der Waals surface area contributed by atoms with Crippen molar-refractivity contribution in [3.05, 3.63) is 48.2 Å². The molecule has 0 aliphatic carbocycles. The van der Waals surface area contributed by atoms with Gasteiger partial charge in [0.05, 0.1) is 18.8 Å². The molecule has 0 saturated heterocycles. The van der Waals surface area contributed by atoms with Crippen molar-refractivity contribution in [3.8, 4) is 0 Å². The van der Waals surface area contributed by atoms with Crippen LogP contribution in [0.5, 0.6) is 0 Å². The molecule has 2 aromatic rings. The summed E-state index contributed by atoms with van der Waals surface area (Å²) in [4.78, 5) is 12.2. The number of amides is 1. The van der Waals surface area contributed by atoms with Crippen LogP contribution in [0.4, 0.5) is 0 Å². The molecule has 106 valence electrons. The third-order valence-corrected chi connectivity index (χ3v) is 3.02. The molecule has 1 N–H and O–H groups in total. The third-order valence-electron chi connectivity index (χ3n) is 3.02. The Balaban J connectivity index is 1.96. The predicted octanol–water partition coefficient (Wildman–Crippen LogP) is 2.50. The number of ether oxygens (including phenoxy) is 1. The van der Waals surface area contributed by atoms with Gasteiger partial charge in [-0.2, -0.15) is 0 Å². The number of hydrogen-bond acceptors (Lipinski definition) is 2. The van der Waals surface area contributed by atoms with Crippen molar-refractivity contribution in [3.63, 3.8) is 0 Å². The van der Waals surface area contributed by atoms with Gasteiger partial charge in [0.2, 0.25) is 0 Å². The molecule has 0 atom stereocenters. The number of carbonyl (C=O) groups excluding carboxylic acids is 1. The lowest BCUT2D eigenvalue weighted by molar-refractivity contribution is 0.0928. The van der Waals surface area contributed by atoms with Crippen molar-refractivity contribution in [2.45, 2.75) is 6.92 Å². The molecule has 0 unspecified atom stereocenters. The maximum Gasteiger partial charge on any atom is 0.253 e. The Morgan fingerprint density at radius 2 is 2.15 bits per heavy atom. The Labute approximate surface area is 119 Å². The number of carbonyl (C=O) groups is 1. The lowest BCUT2D eigenvalue weighted by Crippen LogP contribution is -2.27. The number of hydrogen-bond donors (Lipinski definition) is 1. The zero-order valence-corrected chi connectivity index (χ0v) is 12.0. The minimum Gasteiger partial charge on any atom is -0.375 e. The van der Waals surface area contributed by atoms with Gasteiger partial charge in [0, 0.05) is 30.7 Å². The maximum atomic E-state index is 12.2. The van der Waals surface area contributed by atoms with Crippen molar-refractivity contribution in [2.75, 3.05) is 19.8 Å². The number of rotatable bonds is 6. The first-order chi connectivity index (χ1) is 9.59. The highest BCUT2D eigenvalue weighted by molar-refractivity contribution is 6.06. The highest BCUT2D eigenvalue weighted by atomic mass is 16.5. The number of nitrogens with one attached hydrogen (secondary N) is 1. The monoisotopic (exact) mass is 272 g/mol. The van der Waals surface area contributed by atoms with E-state index in [0.29, 0.717) is 25.3 Å². The zero-order chi connectivity index (χ0) is 14.5. The number of aromatic nitrogens is 1. The van der Waals surface area contributed by atoms with E-state index in [4.69, 9.17) is 4.74 Å². The fourth-order valence-corrected chi connectivity index (χ4v) is 2.10. The zero-order valence-electron chi connectivity index (χ0n) is 12.0. The largest absolute Gasteiger partial charge is 0.375 e. The van der Waals surface area contributed by atoms with Crippen LogP contribution < -0.4 is 5.32 Å². The van der Waals surface area contributed by atoms with E-state index in [0.717, 1.165) is 16.5 Å². The first kappa shape index (κ1) is 14.3. The van der Waals surface area contributed by atoms with Crippen molar-refractivity contribution in [2.24, 2.45) is 7.05 Å². The molecule has 2 rings (SSSR count). The molecular weight excluding hydrogens is 252 g/mol. The Morgan fingerprint density at radius 1 is 1.40 bits per heavy atom. The second kappa shape index (κ2) is 6.39. The van der Waals surface area contributed by atoms with E-state index >= 15 is 0 Å². The summed E-state index contributed by atoms with van der Waals surface area (Å²) in [6.07, 6.45) is 1.86. The van der Waals surface area contributed by atoms with Crippen LogP contribution in [0.3, 0.4) is 0 Å². The van der Waals surface area contributed by atoms with Crippen LogP contribution in [0, 0.1) is 0 Å². The molecule has 0 radical (unpaired) electrons.